The number of halogens is 2. The van der Waals surface area contributed by atoms with E-state index >= 15 is 0 Å². The number of anilines is 1. The Morgan fingerprint density at radius 3 is 2.93 bits per heavy atom. The van der Waals surface area contributed by atoms with Crippen LogP contribution < -0.4 is 15.8 Å². The molecule has 4 atom stereocenters. The van der Waals surface area contributed by atoms with E-state index in [0.717, 1.165) is 28.6 Å². The van der Waals surface area contributed by atoms with Crippen LogP contribution in [0.4, 0.5) is 5.82 Å². The van der Waals surface area contributed by atoms with E-state index in [2.05, 4.69) is 31.2 Å². The van der Waals surface area contributed by atoms with E-state index in [1.807, 2.05) is 16.8 Å². The Hall–Kier alpha value is -1.91. The average Bonchev–Trinajstić information content (AvgIpc) is 3.20. The van der Waals surface area contributed by atoms with E-state index in [1.165, 1.54) is 6.33 Å². The fourth-order valence-corrected chi connectivity index (χ4v) is 5.30. The largest absolute Gasteiger partial charge is 0.487 e. The summed E-state index contributed by atoms with van der Waals surface area (Å²) in [7, 11) is 0. The van der Waals surface area contributed by atoms with Gasteiger partial charge < -0.3 is 30.6 Å². The summed E-state index contributed by atoms with van der Waals surface area (Å²) in [6.45, 7) is 1.57. The molecule has 1 saturated carbocycles. The van der Waals surface area contributed by atoms with E-state index in [-0.39, 0.29) is 0 Å². The van der Waals surface area contributed by atoms with Gasteiger partial charge in [-0.3, -0.25) is 0 Å². The second-order valence-corrected chi connectivity index (χ2v) is 9.04. The van der Waals surface area contributed by atoms with E-state index < -0.39 is 24.4 Å². The van der Waals surface area contributed by atoms with Crippen molar-refractivity contribution in [2.75, 3.05) is 12.3 Å². The third-order valence-corrected chi connectivity index (χ3v) is 6.79. The molecule has 0 unspecified atom stereocenters. The number of nitrogens with zero attached hydrogens (tertiary/aromatic N) is 3. The van der Waals surface area contributed by atoms with E-state index in [9.17, 15) is 10.2 Å². The van der Waals surface area contributed by atoms with Crippen LogP contribution in [0.2, 0.25) is 5.02 Å². The SMILES string of the molecule is Nc1ncnc2c1c(Br)cn2[C@@H]1C[C@H](Oc2cc(Cl)cc3c2CNCC3)[C@@H](O)[C@H]1O. The van der Waals surface area contributed by atoms with Crippen LogP contribution in [0.5, 0.6) is 5.75 Å². The smallest absolute Gasteiger partial charge is 0.147 e. The highest BCUT2D eigenvalue weighted by atomic mass is 79.9. The molecule has 0 bridgehead atoms. The molecule has 1 aliphatic carbocycles. The van der Waals surface area contributed by atoms with Crippen LogP contribution in [0.25, 0.3) is 11.0 Å². The van der Waals surface area contributed by atoms with Gasteiger partial charge in [0.1, 0.15) is 41.9 Å². The van der Waals surface area contributed by atoms with Crippen molar-refractivity contribution >= 4 is 44.4 Å². The van der Waals surface area contributed by atoms with Gasteiger partial charge in [-0.25, -0.2) is 9.97 Å². The molecule has 2 aliphatic rings. The van der Waals surface area contributed by atoms with E-state index in [1.54, 1.807) is 6.07 Å². The maximum Gasteiger partial charge on any atom is 0.147 e. The summed E-state index contributed by atoms with van der Waals surface area (Å²) in [5.41, 5.74) is 8.78. The highest BCUT2D eigenvalue weighted by molar-refractivity contribution is 9.10. The second-order valence-electron chi connectivity index (χ2n) is 7.75. The Balaban J connectivity index is 1.47. The zero-order valence-corrected chi connectivity index (χ0v) is 18.3. The topological polar surface area (TPSA) is 118 Å². The quantitative estimate of drug-likeness (QED) is 0.441. The number of hydrogen-bond acceptors (Lipinski definition) is 7. The van der Waals surface area contributed by atoms with Crippen molar-refractivity contribution in [3.63, 3.8) is 0 Å². The molecular weight excluding hydrogens is 474 g/mol. The normalized spacial score (nSPS) is 26.1. The van der Waals surface area contributed by atoms with Gasteiger partial charge in [-0.1, -0.05) is 11.6 Å². The van der Waals surface area contributed by atoms with Crippen molar-refractivity contribution in [3.05, 3.63) is 45.3 Å². The summed E-state index contributed by atoms with van der Waals surface area (Å²) in [6.07, 6.45) is 1.79. The summed E-state index contributed by atoms with van der Waals surface area (Å²) in [5, 5.41) is 26.2. The van der Waals surface area contributed by atoms with Crippen LogP contribution in [0, 0.1) is 0 Å². The number of ether oxygens (including phenoxy) is 1. The zero-order chi connectivity index (χ0) is 21.0. The van der Waals surface area contributed by atoms with Crippen molar-refractivity contribution in [1.29, 1.82) is 0 Å². The van der Waals surface area contributed by atoms with E-state index in [4.69, 9.17) is 22.1 Å². The van der Waals surface area contributed by atoms with Gasteiger partial charge in [0.05, 0.1) is 11.4 Å². The number of aromatic nitrogens is 3. The van der Waals surface area contributed by atoms with Gasteiger partial charge in [-0.05, 0) is 46.6 Å². The summed E-state index contributed by atoms with van der Waals surface area (Å²) < 4.78 is 8.77. The molecule has 1 fully saturated rings. The third kappa shape index (κ3) is 3.25. The maximum absolute atomic E-state index is 10.8. The molecule has 0 radical (unpaired) electrons. The number of nitrogens with two attached hydrogens (primary N) is 1. The average molecular weight is 495 g/mol. The molecule has 0 spiro atoms. The number of rotatable bonds is 3. The molecule has 1 aromatic carbocycles. The first-order valence-electron chi connectivity index (χ1n) is 9.75. The van der Waals surface area contributed by atoms with Gasteiger partial charge in [0.25, 0.3) is 0 Å². The summed E-state index contributed by atoms with van der Waals surface area (Å²) in [4.78, 5) is 8.36. The van der Waals surface area contributed by atoms with Crippen molar-refractivity contribution in [3.8, 4) is 5.75 Å². The minimum atomic E-state index is -1.06. The van der Waals surface area contributed by atoms with Gasteiger partial charge in [-0.15, -0.1) is 0 Å². The van der Waals surface area contributed by atoms with E-state index in [0.29, 0.717) is 40.6 Å². The predicted octanol–water partition coefficient (Wildman–Crippen LogP) is 2.19. The van der Waals surface area contributed by atoms with Crippen LogP contribution in [-0.2, 0) is 13.0 Å². The molecule has 3 aromatic rings. The van der Waals surface area contributed by atoms with Gasteiger partial charge >= 0.3 is 0 Å². The van der Waals surface area contributed by atoms with Crippen molar-refractivity contribution in [2.24, 2.45) is 0 Å². The molecule has 5 N–H and O–H groups in total. The monoisotopic (exact) mass is 493 g/mol. The molecule has 3 heterocycles. The minimum Gasteiger partial charge on any atom is -0.487 e. The van der Waals surface area contributed by atoms with Crippen LogP contribution in [0.1, 0.15) is 23.6 Å². The lowest BCUT2D eigenvalue weighted by Gasteiger charge is -2.24. The lowest BCUT2D eigenvalue weighted by Crippen LogP contribution is -2.34. The Morgan fingerprint density at radius 1 is 1.27 bits per heavy atom. The summed E-state index contributed by atoms with van der Waals surface area (Å²) in [5.74, 6) is 0.997. The molecule has 8 nitrogen and oxygen atoms in total. The standard InChI is InChI=1S/C20H21BrClN5O3/c21-12-7-27(20-16(12)19(23)25-8-26-20)13-5-15(18(29)17(13)28)30-14-4-10(22)3-9-1-2-24-6-11(9)14/h3-4,7-8,13,15,17-18,24,28-29H,1-2,5-6H2,(H2,23,25,26)/t13-,15+,17+,18-/m1/s1. The van der Waals surface area contributed by atoms with Crippen molar-refractivity contribution < 1.29 is 14.9 Å². The highest BCUT2D eigenvalue weighted by Crippen LogP contribution is 2.40. The molecule has 2 aromatic heterocycles. The van der Waals surface area contributed by atoms with Gasteiger partial charge in [0.15, 0.2) is 0 Å². The molecule has 158 valence electrons. The van der Waals surface area contributed by atoms with Crippen LogP contribution in [-0.4, -0.2) is 49.6 Å². The summed E-state index contributed by atoms with van der Waals surface area (Å²) >= 11 is 9.78. The molecule has 0 amide bonds. The van der Waals surface area contributed by atoms with Crippen LogP contribution >= 0.6 is 27.5 Å². The Morgan fingerprint density at radius 2 is 2.10 bits per heavy atom. The molecule has 30 heavy (non-hydrogen) atoms. The Kier molecular flexibility index (Phi) is 5.11. The third-order valence-electron chi connectivity index (χ3n) is 5.97. The molecular formula is C20H21BrClN5O3. The van der Waals surface area contributed by atoms with Gasteiger partial charge in [0, 0.05) is 34.2 Å². The Bertz CT molecular complexity index is 1120. The number of benzene rings is 1. The van der Waals surface area contributed by atoms with Crippen LogP contribution in [0.15, 0.2) is 29.1 Å². The second kappa shape index (κ2) is 7.65. The lowest BCUT2D eigenvalue weighted by atomic mass is 10.00. The Labute approximate surface area is 186 Å². The fraction of sp³-hybridized carbons (Fsp3) is 0.400. The molecule has 1 aliphatic heterocycles. The van der Waals surface area contributed by atoms with Gasteiger partial charge in [0.2, 0.25) is 0 Å². The number of hydrogen-bond donors (Lipinski definition) is 4. The first-order valence-corrected chi connectivity index (χ1v) is 10.9. The number of aliphatic hydroxyl groups excluding tert-OH is 2. The van der Waals surface area contributed by atoms with Crippen molar-refractivity contribution in [2.45, 2.75) is 43.7 Å². The van der Waals surface area contributed by atoms with Gasteiger partial charge in [-0.2, -0.15) is 0 Å². The number of aliphatic hydroxyl groups is 2. The number of nitrogen functional groups attached to an aromatic ring is 1. The highest BCUT2D eigenvalue weighted by Gasteiger charge is 2.45. The first-order chi connectivity index (χ1) is 14.4. The molecule has 10 heteroatoms. The first kappa shape index (κ1) is 20.0. The van der Waals surface area contributed by atoms with Crippen LogP contribution in [0.3, 0.4) is 0 Å². The molecule has 5 rings (SSSR count). The maximum atomic E-state index is 10.8. The van der Waals surface area contributed by atoms with Crippen molar-refractivity contribution in [1.82, 2.24) is 19.9 Å². The predicted molar refractivity (Wildman–Crippen MR) is 117 cm³/mol. The molecule has 0 saturated heterocycles. The number of nitrogens with one attached hydrogen (secondary N) is 1. The minimum absolute atomic E-state index is 0.351. The fourth-order valence-electron chi connectivity index (χ4n) is 4.47. The lowest BCUT2D eigenvalue weighted by molar-refractivity contribution is -0.0166. The summed E-state index contributed by atoms with van der Waals surface area (Å²) in [6, 6.07) is 3.30. The zero-order valence-electron chi connectivity index (χ0n) is 15.9. The number of fused-ring (bicyclic) bond motifs is 2.